The highest BCUT2D eigenvalue weighted by molar-refractivity contribution is 7.56. The molecule has 1 amide bonds. The predicted molar refractivity (Wildman–Crippen MR) is 24.8 cm³/mol. The summed E-state index contributed by atoms with van der Waals surface area (Å²) < 4.78 is 0. The van der Waals surface area contributed by atoms with Crippen molar-refractivity contribution in [1.29, 1.82) is 5.53 Å². The van der Waals surface area contributed by atoms with E-state index in [1.54, 1.807) is 6.66 Å². The van der Waals surface area contributed by atoms with Gasteiger partial charge in [0.2, 0.25) is 0 Å². The molecule has 0 aliphatic heterocycles. The fourth-order valence-electron chi connectivity index (χ4n) is 0.0559. The highest BCUT2D eigenvalue weighted by atomic mass is 31.1. The molecule has 0 bridgehead atoms. The molecule has 0 radical (unpaired) electrons. The minimum atomic E-state index is -0.338. The first-order chi connectivity index (χ1) is 2.81. The van der Waals surface area contributed by atoms with E-state index in [-0.39, 0.29) is 14.2 Å². The molecule has 1 atom stereocenters. The molecule has 1 N–H and O–H groups in total. The number of nitrogens with zero attached hydrogens (tertiary/aromatic N) is 1. The predicted octanol–water partition coefficient (Wildman–Crippen LogP) is 1.45. The molecule has 0 rings (SSSR count). The minimum Gasteiger partial charge on any atom is -0.266 e. The molecule has 0 fully saturated rings. The van der Waals surface area contributed by atoms with Crippen molar-refractivity contribution in [3.8, 4) is 0 Å². The van der Waals surface area contributed by atoms with Crippen molar-refractivity contribution in [2.75, 3.05) is 6.66 Å². The van der Waals surface area contributed by atoms with Crippen LogP contribution in [-0.2, 0) is 0 Å². The molecule has 1 unspecified atom stereocenters. The molecule has 0 aliphatic carbocycles. The van der Waals surface area contributed by atoms with Gasteiger partial charge < -0.3 is 0 Å². The normalized spacial score (nSPS) is 9.50. The van der Waals surface area contributed by atoms with Crippen LogP contribution in [0.1, 0.15) is 0 Å². The van der Waals surface area contributed by atoms with Crippen LogP contribution < -0.4 is 0 Å². The molecule has 34 valence electrons. The largest absolute Gasteiger partial charge is 0.280 e. The van der Waals surface area contributed by atoms with Crippen molar-refractivity contribution < 1.29 is 4.79 Å². The molecule has 0 aliphatic rings. The van der Waals surface area contributed by atoms with E-state index in [1.807, 2.05) is 0 Å². The molecule has 0 saturated carbocycles. The Labute approximate surface area is 37.4 Å². The number of rotatable bonds is 1. The number of carbonyl (C=O) groups excluding carboxylic acids is 1. The maximum Gasteiger partial charge on any atom is 0.280 e. The first kappa shape index (κ1) is 5.70. The average molecular weight is 104 g/mol. The molecule has 0 heterocycles. The fraction of sp³-hybridized carbons (Fsp3) is 0.500. The zero-order valence-corrected chi connectivity index (χ0v) is 4.36. The lowest BCUT2D eigenvalue weighted by Crippen LogP contribution is -1.68. The van der Waals surface area contributed by atoms with Gasteiger partial charge in [0.1, 0.15) is 0 Å². The van der Waals surface area contributed by atoms with E-state index < -0.39 is 0 Å². The summed E-state index contributed by atoms with van der Waals surface area (Å²) in [6, 6.07) is 0. The van der Waals surface area contributed by atoms with Crippen LogP contribution in [0.2, 0.25) is 0 Å². The summed E-state index contributed by atoms with van der Waals surface area (Å²) in [7, 11) is 0.139. The van der Waals surface area contributed by atoms with E-state index in [0.29, 0.717) is 0 Å². The van der Waals surface area contributed by atoms with Crippen LogP contribution in [0.3, 0.4) is 0 Å². The second-order valence-corrected chi connectivity index (χ2v) is 1.59. The van der Waals surface area contributed by atoms with Crippen LogP contribution >= 0.6 is 8.58 Å². The summed E-state index contributed by atoms with van der Waals surface area (Å²) >= 11 is 0. The number of hydrogen-bond acceptors (Lipinski definition) is 2. The Morgan fingerprint density at radius 2 is 2.50 bits per heavy atom. The summed E-state index contributed by atoms with van der Waals surface area (Å²) in [5.41, 5.74) is 5.75. The van der Waals surface area contributed by atoms with Gasteiger partial charge in [0, 0.05) is 0 Å². The van der Waals surface area contributed by atoms with E-state index in [9.17, 15) is 4.79 Å². The Kier molecular flexibility index (Phi) is 2.77. The number of amides is 1. The Hall–Kier alpha value is -0.300. The van der Waals surface area contributed by atoms with Crippen LogP contribution in [0.15, 0.2) is 5.11 Å². The fourth-order valence-corrected chi connectivity index (χ4v) is 0.168. The summed E-state index contributed by atoms with van der Waals surface area (Å²) in [5.74, 6) is 0. The molecular formula is C2H5N2OP. The van der Waals surface area contributed by atoms with Crippen LogP contribution in [0.25, 0.3) is 0 Å². The topological polar surface area (TPSA) is 53.3 Å². The highest BCUT2D eigenvalue weighted by Gasteiger charge is 1.85. The van der Waals surface area contributed by atoms with E-state index in [2.05, 4.69) is 5.11 Å². The van der Waals surface area contributed by atoms with Gasteiger partial charge in [-0.25, -0.2) is 5.53 Å². The van der Waals surface area contributed by atoms with Gasteiger partial charge in [-0.3, -0.25) is 4.79 Å². The molecule has 6 heavy (non-hydrogen) atoms. The van der Waals surface area contributed by atoms with Gasteiger partial charge in [-0.2, -0.15) is 0 Å². The smallest absolute Gasteiger partial charge is 0.266 e. The molecule has 0 aromatic heterocycles. The maximum atomic E-state index is 9.84. The SMILES string of the molecule is CPC(=O)N=N. The van der Waals surface area contributed by atoms with E-state index >= 15 is 0 Å². The Bertz CT molecular complexity index is 71.9. The van der Waals surface area contributed by atoms with Gasteiger partial charge in [-0.05, 0) is 15.2 Å². The standard InChI is InChI=1S/C2H5N2OP/c1-6-2(5)4-3/h3,6H,1H3. The van der Waals surface area contributed by atoms with Crippen molar-refractivity contribution >= 4 is 14.2 Å². The first-order valence-corrected chi connectivity index (χ1v) is 2.90. The lowest BCUT2D eigenvalue weighted by Gasteiger charge is -1.73. The highest BCUT2D eigenvalue weighted by Crippen LogP contribution is 2.04. The summed E-state index contributed by atoms with van der Waals surface area (Å²) in [4.78, 5) is 9.84. The van der Waals surface area contributed by atoms with Crippen molar-refractivity contribution in [2.24, 2.45) is 5.11 Å². The van der Waals surface area contributed by atoms with Gasteiger partial charge in [-0.1, -0.05) is 0 Å². The van der Waals surface area contributed by atoms with Gasteiger partial charge in [-0.15, -0.1) is 5.11 Å². The Morgan fingerprint density at radius 3 is 2.50 bits per heavy atom. The van der Waals surface area contributed by atoms with Gasteiger partial charge in [0.05, 0.1) is 0 Å². The Balaban J connectivity index is 3.23. The second-order valence-electron chi connectivity index (χ2n) is 0.667. The van der Waals surface area contributed by atoms with Crippen molar-refractivity contribution in [2.45, 2.75) is 0 Å². The number of hydrogen-bond donors (Lipinski definition) is 1. The molecule has 0 spiro atoms. The lowest BCUT2D eigenvalue weighted by molar-refractivity contribution is 0.265. The van der Waals surface area contributed by atoms with Gasteiger partial charge in [0.25, 0.3) is 5.65 Å². The Morgan fingerprint density at radius 1 is 2.00 bits per heavy atom. The van der Waals surface area contributed by atoms with Crippen molar-refractivity contribution in [1.82, 2.24) is 0 Å². The minimum absolute atomic E-state index is 0.139. The third-order valence-corrected chi connectivity index (χ3v) is 0.855. The monoisotopic (exact) mass is 104 g/mol. The average Bonchev–Trinajstić information content (AvgIpc) is 1.65. The number of carbonyl (C=O) groups is 1. The van der Waals surface area contributed by atoms with E-state index in [4.69, 9.17) is 5.53 Å². The lowest BCUT2D eigenvalue weighted by atomic mass is 11.4. The second kappa shape index (κ2) is 2.91. The van der Waals surface area contributed by atoms with Crippen molar-refractivity contribution in [3.05, 3.63) is 0 Å². The molecule has 0 aromatic rings. The molecular weight excluding hydrogens is 99.0 g/mol. The van der Waals surface area contributed by atoms with Gasteiger partial charge >= 0.3 is 0 Å². The molecule has 3 nitrogen and oxygen atoms in total. The summed E-state index contributed by atoms with van der Waals surface area (Å²) in [6.07, 6.45) is 0. The zero-order chi connectivity index (χ0) is 4.99. The number of nitrogens with one attached hydrogen (secondary N) is 1. The van der Waals surface area contributed by atoms with Crippen molar-refractivity contribution in [3.63, 3.8) is 0 Å². The molecule has 4 heteroatoms. The van der Waals surface area contributed by atoms with Crippen LogP contribution in [0.4, 0.5) is 4.79 Å². The van der Waals surface area contributed by atoms with Crippen LogP contribution in [0.5, 0.6) is 0 Å². The molecule has 0 aromatic carbocycles. The van der Waals surface area contributed by atoms with E-state index in [1.165, 1.54) is 0 Å². The third-order valence-electron chi connectivity index (χ3n) is 0.315. The third kappa shape index (κ3) is 1.97. The quantitative estimate of drug-likeness (QED) is 0.397. The summed E-state index contributed by atoms with van der Waals surface area (Å²) in [6.45, 7) is 1.69. The van der Waals surface area contributed by atoms with E-state index in [0.717, 1.165) is 0 Å². The van der Waals surface area contributed by atoms with Crippen LogP contribution in [-0.4, -0.2) is 12.3 Å². The maximum absolute atomic E-state index is 9.84. The summed E-state index contributed by atoms with van der Waals surface area (Å²) in [5, 5.41) is 2.63. The van der Waals surface area contributed by atoms with Crippen LogP contribution in [0, 0.1) is 5.53 Å². The molecule has 0 saturated heterocycles. The van der Waals surface area contributed by atoms with Gasteiger partial charge in [0.15, 0.2) is 0 Å². The first-order valence-electron chi connectivity index (χ1n) is 1.40. The zero-order valence-electron chi connectivity index (χ0n) is 3.36.